The number of hydrogen-bond acceptors (Lipinski definition) is 6. The number of carbonyl (C=O) groups is 1. The van der Waals surface area contributed by atoms with Crippen LogP contribution < -0.4 is 14.8 Å². The van der Waals surface area contributed by atoms with Gasteiger partial charge >= 0.3 is 6.29 Å². The molecule has 1 amide bonds. The molecule has 1 aromatic rings. The monoisotopic (exact) mass is 432 g/mol. The van der Waals surface area contributed by atoms with Gasteiger partial charge in [-0.2, -0.15) is 0 Å². The van der Waals surface area contributed by atoms with E-state index in [9.17, 15) is 22.4 Å². The summed E-state index contributed by atoms with van der Waals surface area (Å²) in [4.78, 5) is 19.6. The highest BCUT2D eigenvalue weighted by Crippen LogP contribution is 2.43. The first-order valence-corrected chi connectivity index (χ1v) is 8.48. The Morgan fingerprint density at radius 3 is 2.69 bits per heavy atom. The average molecular weight is 433 g/mol. The molecule has 29 heavy (non-hydrogen) atoms. The van der Waals surface area contributed by atoms with Gasteiger partial charge in [-0.3, -0.25) is 20.2 Å². The standard InChI is InChI=1S/C17H13ClF4N4O3/c1-24-12(8-3-13-14(4-9(8)18)29-17(21,22)28-13)5-11(23)16(27)26-15-10(20)2-7(19)6-25-15/h2-4,7,23H,5-6H2,1H3,(H,25,26,27). The minimum Gasteiger partial charge on any atom is -0.395 e. The van der Waals surface area contributed by atoms with E-state index < -0.39 is 35.7 Å². The zero-order valence-corrected chi connectivity index (χ0v) is 15.5. The van der Waals surface area contributed by atoms with E-state index in [4.69, 9.17) is 17.0 Å². The molecule has 0 fully saturated rings. The van der Waals surface area contributed by atoms with Crippen molar-refractivity contribution in [2.45, 2.75) is 18.9 Å². The van der Waals surface area contributed by atoms with Gasteiger partial charge in [0.25, 0.3) is 5.91 Å². The largest absolute Gasteiger partial charge is 0.586 e. The first-order chi connectivity index (χ1) is 13.6. The van der Waals surface area contributed by atoms with Crippen LogP contribution >= 0.6 is 11.6 Å². The molecule has 0 bridgehead atoms. The molecule has 2 aliphatic heterocycles. The molecular formula is C17H13ClF4N4O3. The maximum atomic E-state index is 13.6. The Labute approximate surface area is 166 Å². The summed E-state index contributed by atoms with van der Waals surface area (Å²) in [6, 6.07) is 2.26. The first kappa shape index (κ1) is 20.8. The normalized spacial score (nSPS) is 20.1. The van der Waals surface area contributed by atoms with Crippen molar-refractivity contribution in [3.63, 3.8) is 0 Å². The molecule has 3 rings (SSSR count). The topological polar surface area (TPSA) is 96.1 Å². The third-order valence-corrected chi connectivity index (χ3v) is 4.21. The smallest absolute Gasteiger partial charge is 0.395 e. The molecule has 12 heteroatoms. The van der Waals surface area contributed by atoms with Crippen molar-refractivity contribution in [3.05, 3.63) is 34.6 Å². The minimum atomic E-state index is -3.84. The summed E-state index contributed by atoms with van der Waals surface area (Å²) in [5, 5.41) is 9.97. The molecule has 0 saturated heterocycles. The SMILES string of the molecule is CN=C(CC(=N)C(=O)NC1=NCC(F)C=C1F)c1cc2c(cc1Cl)OC(F)(F)O2. The Morgan fingerprint density at radius 1 is 1.41 bits per heavy atom. The molecular weight excluding hydrogens is 420 g/mol. The Kier molecular flexibility index (Phi) is 5.60. The molecule has 1 unspecified atom stereocenters. The predicted molar refractivity (Wildman–Crippen MR) is 97.0 cm³/mol. The van der Waals surface area contributed by atoms with Gasteiger partial charge in [-0.05, 0) is 12.1 Å². The second kappa shape index (κ2) is 7.82. The van der Waals surface area contributed by atoms with Crippen LogP contribution in [0.15, 0.2) is 34.0 Å². The second-order valence-corrected chi connectivity index (χ2v) is 6.35. The van der Waals surface area contributed by atoms with Gasteiger partial charge in [-0.15, -0.1) is 8.78 Å². The molecule has 0 spiro atoms. The fourth-order valence-electron chi connectivity index (χ4n) is 2.56. The number of ether oxygens (including phenoxy) is 2. The van der Waals surface area contributed by atoms with Crippen LogP contribution in [-0.2, 0) is 4.79 Å². The molecule has 154 valence electrons. The highest BCUT2D eigenvalue weighted by molar-refractivity contribution is 6.45. The number of benzene rings is 1. The minimum absolute atomic E-state index is 0.0153. The first-order valence-electron chi connectivity index (χ1n) is 8.10. The van der Waals surface area contributed by atoms with Gasteiger partial charge in [0.2, 0.25) is 0 Å². The number of aliphatic imine (C=N–C) groups is 2. The molecule has 2 heterocycles. The number of carbonyl (C=O) groups excluding carboxylic acids is 1. The van der Waals surface area contributed by atoms with Gasteiger partial charge in [0.1, 0.15) is 11.9 Å². The number of hydrogen-bond donors (Lipinski definition) is 2. The van der Waals surface area contributed by atoms with Gasteiger partial charge in [0.05, 0.1) is 11.6 Å². The third kappa shape index (κ3) is 4.56. The van der Waals surface area contributed by atoms with Gasteiger partial charge < -0.3 is 14.8 Å². The molecule has 0 aromatic heterocycles. The number of rotatable bonds is 4. The lowest BCUT2D eigenvalue weighted by molar-refractivity contribution is -0.286. The van der Waals surface area contributed by atoms with Gasteiger partial charge in [0, 0.05) is 30.8 Å². The molecule has 2 N–H and O–H groups in total. The van der Waals surface area contributed by atoms with Crippen LogP contribution in [-0.4, -0.2) is 49.2 Å². The van der Waals surface area contributed by atoms with Crippen molar-refractivity contribution in [1.29, 1.82) is 5.41 Å². The maximum absolute atomic E-state index is 13.6. The molecule has 2 aliphatic rings. The molecule has 0 aliphatic carbocycles. The van der Waals surface area contributed by atoms with Crippen molar-refractivity contribution in [2.75, 3.05) is 13.6 Å². The predicted octanol–water partition coefficient (Wildman–Crippen LogP) is 3.21. The van der Waals surface area contributed by atoms with Crippen LogP contribution in [0.2, 0.25) is 5.02 Å². The number of dihydropyridines is 1. The fraction of sp³-hybridized carbons (Fsp3) is 0.294. The number of alkyl halides is 3. The summed E-state index contributed by atoms with van der Waals surface area (Å²) in [6.45, 7) is -0.352. The fourth-order valence-corrected chi connectivity index (χ4v) is 2.82. The van der Waals surface area contributed by atoms with E-state index in [2.05, 4.69) is 24.8 Å². The highest BCUT2D eigenvalue weighted by atomic mass is 35.5. The van der Waals surface area contributed by atoms with E-state index in [1.165, 1.54) is 7.05 Å². The number of amides is 1. The third-order valence-electron chi connectivity index (χ3n) is 3.90. The Balaban J connectivity index is 1.73. The zero-order valence-electron chi connectivity index (χ0n) is 14.7. The average Bonchev–Trinajstić information content (AvgIpc) is 2.93. The van der Waals surface area contributed by atoms with E-state index >= 15 is 0 Å². The summed E-state index contributed by atoms with van der Waals surface area (Å²) < 4.78 is 61.7. The summed E-state index contributed by atoms with van der Waals surface area (Å²) >= 11 is 6.08. The maximum Gasteiger partial charge on any atom is 0.586 e. The van der Waals surface area contributed by atoms with E-state index in [0.717, 1.165) is 12.1 Å². The molecule has 1 aromatic carbocycles. The second-order valence-electron chi connectivity index (χ2n) is 5.95. The van der Waals surface area contributed by atoms with E-state index in [1.54, 1.807) is 0 Å². The number of nitrogens with one attached hydrogen (secondary N) is 2. The van der Waals surface area contributed by atoms with Crippen LogP contribution in [0.4, 0.5) is 17.6 Å². The van der Waals surface area contributed by atoms with Crippen molar-refractivity contribution in [3.8, 4) is 11.5 Å². The van der Waals surface area contributed by atoms with Crippen molar-refractivity contribution < 1.29 is 31.8 Å². The lowest BCUT2D eigenvalue weighted by Gasteiger charge is -2.14. The summed E-state index contributed by atoms with van der Waals surface area (Å²) in [5.41, 5.74) is -0.280. The van der Waals surface area contributed by atoms with E-state index in [0.29, 0.717) is 6.08 Å². The van der Waals surface area contributed by atoms with Crippen molar-refractivity contribution in [2.24, 2.45) is 9.98 Å². The number of nitrogens with zero attached hydrogens (tertiary/aromatic N) is 2. The molecule has 1 atom stereocenters. The Morgan fingerprint density at radius 2 is 2.07 bits per heavy atom. The summed E-state index contributed by atoms with van der Waals surface area (Å²) in [6.07, 6.45) is -5.12. The lowest BCUT2D eigenvalue weighted by Crippen LogP contribution is -2.38. The Hall–Kier alpha value is -2.95. The van der Waals surface area contributed by atoms with Crippen LogP contribution in [0.1, 0.15) is 12.0 Å². The zero-order chi connectivity index (χ0) is 21.3. The summed E-state index contributed by atoms with van der Waals surface area (Å²) in [7, 11) is 1.35. The molecule has 0 saturated carbocycles. The number of amidine groups is 1. The Bertz CT molecular complexity index is 978. The van der Waals surface area contributed by atoms with Gasteiger partial charge in [0.15, 0.2) is 23.2 Å². The number of halogens is 5. The lowest BCUT2D eigenvalue weighted by atomic mass is 10.0. The van der Waals surface area contributed by atoms with Crippen molar-refractivity contribution in [1.82, 2.24) is 5.32 Å². The molecule has 0 radical (unpaired) electrons. The number of fused-ring (bicyclic) bond motifs is 1. The van der Waals surface area contributed by atoms with Crippen LogP contribution in [0.25, 0.3) is 0 Å². The quantitative estimate of drug-likeness (QED) is 0.565. The summed E-state index contributed by atoms with van der Waals surface area (Å²) in [5.74, 6) is -3.07. The van der Waals surface area contributed by atoms with Crippen molar-refractivity contribution >= 4 is 34.8 Å². The van der Waals surface area contributed by atoms with E-state index in [-0.39, 0.29) is 40.8 Å². The molecule has 7 nitrogen and oxygen atoms in total. The van der Waals surface area contributed by atoms with Crippen LogP contribution in [0, 0.1) is 5.41 Å². The van der Waals surface area contributed by atoms with E-state index in [1.807, 2.05) is 0 Å². The van der Waals surface area contributed by atoms with Gasteiger partial charge in [-0.1, -0.05) is 11.6 Å². The van der Waals surface area contributed by atoms with Crippen LogP contribution in [0.3, 0.4) is 0 Å². The van der Waals surface area contributed by atoms with Crippen LogP contribution in [0.5, 0.6) is 11.5 Å². The van der Waals surface area contributed by atoms with Gasteiger partial charge in [-0.25, -0.2) is 8.78 Å². The highest BCUT2D eigenvalue weighted by Gasteiger charge is 2.44.